The van der Waals surface area contributed by atoms with Gasteiger partial charge >= 0.3 is 5.97 Å². The van der Waals surface area contributed by atoms with Gasteiger partial charge in [0.2, 0.25) is 0 Å². The van der Waals surface area contributed by atoms with Crippen molar-refractivity contribution in [1.82, 2.24) is 4.98 Å². The third-order valence-corrected chi connectivity index (χ3v) is 4.19. The summed E-state index contributed by atoms with van der Waals surface area (Å²) in [6.07, 6.45) is 1.70. The van der Waals surface area contributed by atoms with Gasteiger partial charge in [-0.05, 0) is 29.3 Å². The van der Waals surface area contributed by atoms with Crippen molar-refractivity contribution in [3.8, 4) is 0 Å². The Morgan fingerprint density at radius 1 is 1.25 bits per heavy atom. The summed E-state index contributed by atoms with van der Waals surface area (Å²) >= 11 is 13.4. The Labute approximate surface area is 130 Å². The quantitative estimate of drug-likeness (QED) is 0.656. The van der Waals surface area contributed by atoms with E-state index in [0.717, 1.165) is 16.0 Å². The van der Waals surface area contributed by atoms with Crippen LogP contribution in [0.2, 0.25) is 10.2 Å². The first-order valence-electron chi connectivity index (χ1n) is 5.78. The van der Waals surface area contributed by atoms with E-state index in [1.807, 2.05) is 24.3 Å². The normalized spacial score (nSPS) is 10.5. The molecule has 1 heterocycles. The lowest BCUT2D eigenvalue weighted by atomic mass is 10.2. The maximum atomic E-state index is 10.6. The van der Waals surface area contributed by atoms with E-state index in [0.29, 0.717) is 15.9 Å². The Bertz CT molecular complexity index is 617. The molecule has 0 aliphatic heterocycles. The van der Waals surface area contributed by atoms with E-state index < -0.39 is 5.97 Å². The first-order chi connectivity index (χ1) is 9.54. The second-order valence-corrected chi connectivity index (χ2v) is 5.94. The molecule has 104 valence electrons. The fraction of sp³-hybridized carbons (Fsp3) is 0.143. The second kappa shape index (κ2) is 6.97. The van der Waals surface area contributed by atoms with Crippen LogP contribution in [0.25, 0.3) is 0 Å². The molecule has 2 aromatic rings. The number of rotatable bonds is 5. The molecular weight excluding hydrogens is 317 g/mol. The molecule has 20 heavy (non-hydrogen) atoms. The number of aromatic nitrogens is 1. The van der Waals surface area contributed by atoms with E-state index in [2.05, 4.69) is 4.98 Å². The summed E-state index contributed by atoms with van der Waals surface area (Å²) in [7, 11) is 0. The number of nitrogens with zero attached hydrogens (tertiary/aromatic N) is 1. The molecule has 0 saturated heterocycles. The number of carboxylic acid groups (broad SMARTS) is 1. The van der Waals surface area contributed by atoms with Crippen LogP contribution in [0.4, 0.5) is 0 Å². The molecule has 0 saturated carbocycles. The van der Waals surface area contributed by atoms with Gasteiger partial charge in [0.15, 0.2) is 0 Å². The van der Waals surface area contributed by atoms with Crippen LogP contribution in [0, 0.1) is 0 Å². The zero-order valence-corrected chi connectivity index (χ0v) is 12.7. The van der Waals surface area contributed by atoms with E-state index in [4.69, 9.17) is 28.3 Å². The van der Waals surface area contributed by atoms with Gasteiger partial charge < -0.3 is 5.11 Å². The lowest BCUT2D eigenvalue weighted by molar-refractivity contribution is -0.136. The van der Waals surface area contributed by atoms with E-state index in [-0.39, 0.29) is 6.42 Å². The topological polar surface area (TPSA) is 50.2 Å². The number of thioether (sulfide) groups is 1. The molecule has 0 amide bonds. The number of carbonyl (C=O) groups is 1. The van der Waals surface area contributed by atoms with Gasteiger partial charge in [-0.3, -0.25) is 4.79 Å². The van der Waals surface area contributed by atoms with Crippen LogP contribution >= 0.6 is 35.0 Å². The van der Waals surface area contributed by atoms with Gasteiger partial charge in [-0.25, -0.2) is 4.98 Å². The van der Waals surface area contributed by atoms with E-state index in [1.165, 1.54) is 0 Å². The van der Waals surface area contributed by atoms with Crippen molar-refractivity contribution >= 4 is 40.9 Å². The van der Waals surface area contributed by atoms with Gasteiger partial charge in [-0.1, -0.05) is 35.3 Å². The van der Waals surface area contributed by atoms with Crippen molar-refractivity contribution in [2.75, 3.05) is 0 Å². The number of hydrogen-bond acceptors (Lipinski definition) is 3. The largest absolute Gasteiger partial charge is 0.481 e. The molecule has 0 bridgehead atoms. The van der Waals surface area contributed by atoms with Crippen LogP contribution in [0.5, 0.6) is 0 Å². The zero-order chi connectivity index (χ0) is 14.5. The summed E-state index contributed by atoms with van der Waals surface area (Å²) in [5, 5.41) is 9.68. The zero-order valence-electron chi connectivity index (χ0n) is 10.3. The van der Waals surface area contributed by atoms with Gasteiger partial charge in [0, 0.05) is 21.9 Å². The Hall–Kier alpha value is -1.23. The molecule has 0 aliphatic carbocycles. The van der Waals surface area contributed by atoms with Crippen molar-refractivity contribution in [2.24, 2.45) is 0 Å². The van der Waals surface area contributed by atoms with Crippen LogP contribution < -0.4 is 0 Å². The highest BCUT2D eigenvalue weighted by Gasteiger charge is 2.04. The molecule has 3 nitrogen and oxygen atoms in total. The number of halogens is 2. The molecule has 0 aliphatic rings. The van der Waals surface area contributed by atoms with Crippen LogP contribution in [0.1, 0.15) is 11.1 Å². The van der Waals surface area contributed by atoms with Crippen LogP contribution in [0.3, 0.4) is 0 Å². The molecule has 0 spiro atoms. The second-order valence-electron chi connectivity index (χ2n) is 4.10. The van der Waals surface area contributed by atoms with Gasteiger partial charge in [0.1, 0.15) is 5.15 Å². The third kappa shape index (κ3) is 4.40. The number of aliphatic carboxylic acids is 1. The van der Waals surface area contributed by atoms with Gasteiger partial charge in [0.05, 0.1) is 6.42 Å². The highest BCUT2D eigenvalue weighted by Crippen LogP contribution is 2.27. The van der Waals surface area contributed by atoms with Crippen LogP contribution in [-0.4, -0.2) is 16.1 Å². The average Bonchev–Trinajstić information content (AvgIpc) is 2.39. The van der Waals surface area contributed by atoms with Gasteiger partial charge in [-0.2, -0.15) is 0 Å². The average molecular weight is 328 g/mol. The summed E-state index contributed by atoms with van der Waals surface area (Å²) < 4.78 is 0. The number of hydrogen-bond donors (Lipinski definition) is 1. The minimum Gasteiger partial charge on any atom is -0.481 e. The fourth-order valence-electron chi connectivity index (χ4n) is 1.58. The Morgan fingerprint density at radius 2 is 1.95 bits per heavy atom. The highest BCUT2D eigenvalue weighted by atomic mass is 35.5. The predicted octanol–water partition coefficient (Wildman–Crippen LogP) is 4.31. The van der Waals surface area contributed by atoms with Crippen molar-refractivity contribution < 1.29 is 9.90 Å². The van der Waals surface area contributed by atoms with E-state index in [9.17, 15) is 4.79 Å². The Balaban J connectivity index is 1.98. The molecule has 0 atom stereocenters. The fourth-order valence-corrected chi connectivity index (χ4v) is 2.97. The molecule has 0 fully saturated rings. The lowest BCUT2D eigenvalue weighted by Gasteiger charge is -2.05. The van der Waals surface area contributed by atoms with Crippen LogP contribution in [-0.2, 0) is 17.0 Å². The van der Waals surface area contributed by atoms with E-state index in [1.54, 1.807) is 24.0 Å². The highest BCUT2D eigenvalue weighted by molar-refractivity contribution is 7.98. The van der Waals surface area contributed by atoms with E-state index >= 15 is 0 Å². The summed E-state index contributed by atoms with van der Waals surface area (Å²) in [6.45, 7) is 0. The first kappa shape index (κ1) is 15.2. The number of pyridine rings is 1. The summed E-state index contributed by atoms with van der Waals surface area (Å²) in [4.78, 5) is 15.6. The predicted molar refractivity (Wildman–Crippen MR) is 81.6 cm³/mol. The molecule has 1 N–H and O–H groups in total. The van der Waals surface area contributed by atoms with Gasteiger partial charge in [-0.15, -0.1) is 11.8 Å². The summed E-state index contributed by atoms with van der Waals surface area (Å²) in [5.41, 5.74) is 1.70. The lowest BCUT2D eigenvalue weighted by Crippen LogP contribution is -1.99. The molecule has 1 aromatic heterocycles. The van der Waals surface area contributed by atoms with Crippen molar-refractivity contribution in [3.63, 3.8) is 0 Å². The SMILES string of the molecule is O=C(O)Cc1ccc(SCc2cnc(Cl)cc2Cl)cc1. The molecule has 6 heteroatoms. The molecule has 0 unspecified atom stereocenters. The molecular formula is C14H11Cl2NO2S. The smallest absolute Gasteiger partial charge is 0.307 e. The third-order valence-electron chi connectivity index (χ3n) is 2.57. The van der Waals surface area contributed by atoms with Gasteiger partial charge in [0.25, 0.3) is 0 Å². The van der Waals surface area contributed by atoms with Crippen molar-refractivity contribution in [2.45, 2.75) is 17.1 Å². The molecule has 1 aromatic carbocycles. The summed E-state index contributed by atoms with van der Waals surface area (Å²) in [5.74, 6) is -0.147. The first-order valence-corrected chi connectivity index (χ1v) is 7.52. The Morgan fingerprint density at radius 3 is 2.55 bits per heavy atom. The monoisotopic (exact) mass is 327 g/mol. The maximum absolute atomic E-state index is 10.6. The summed E-state index contributed by atoms with van der Waals surface area (Å²) in [6, 6.07) is 9.06. The standard InChI is InChI=1S/C14H11Cl2NO2S/c15-12-6-13(16)17-7-10(12)8-20-11-3-1-9(2-4-11)5-14(18)19/h1-4,6-7H,5,8H2,(H,18,19). The van der Waals surface area contributed by atoms with Crippen LogP contribution in [0.15, 0.2) is 41.4 Å². The Kier molecular flexibility index (Phi) is 5.29. The molecule has 0 radical (unpaired) electrons. The molecule has 2 rings (SSSR count). The minimum atomic E-state index is -0.829. The van der Waals surface area contributed by atoms with Crippen molar-refractivity contribution in [3.05, 3.63) is 57.8 Å². The minimum absolute atomic E-state index is 0.0396. The number of carboxylic acids is 1. The van der Waals surface area contributed by atoms with Crippen molar-refractivity contribution in [1.29, 1.82) is 0 Å². The number of benzene rings is 1. The maximum Gasteiger partial charge on any atom is 0.307 e.